The maximum atomic E-state index is 11.3. The molecule has 0 unspecified atom stereocenters. The fraction of sp³-hybridized carbons (Fsp3) is 0.273. The average molecular weight is 224 g/mol. The number of hydrogen-bond donors (Lipinski definition) is 1. The van der Waals surface area contributed by atoms with Crippen molar-refractivity contribution in [3.8, 4) is 11.5 Å². The molecule has 0 bridgehead atoms. The molecule has 0 aliphatic carbocycles. The Morgan fingerprint density at radius 3 is 2.25 bits per heavy atom. The molecule has 0 aliphatic heterocycles. The van der Waals surface area contributed by atoms with Crippen LogP contribution >= 0.6 is 0 Å². The standard InChI is InChI=1S/C11H12O5/c1-6(12)7-4-8(11(14)16-3)9(13)5-10(7)15-2/h4-5,13H,1-3H3. The van der Waals surface area contributed by atoms with Crippen molar-refractivity contribution in [2.45, 2.75) is 6.92 Å². The fourth-order valence-corrected chi connectivity index (χ4v) is 1.29. The van der Waals surface area contributed by atoms with Crippen LogP contribution in [0.5, 0.6) is 11.5 Å². The topological polar surface area (TPSA) is 72.8 Å². The Kier molecular flexibility index (Phi) is 3.50. The molecule has 1 N–H and O–H groups in total. The van der Waals surface area contributed by atoms with E-state index in [9.17, 15) is 14.7 Å². The van der Waals surface area contributed by atoms with Gasteiger partial charge in [0.05, 0.1) is 19.8 Å². The van der Waals surface area contributed by atoms with Crippen molar-refractivity contribution >= 4 is 11.8 Å². The molecule has 0 aromatic heterocycles. The van der Waals surface area contributed by atoms with Gasteiger partial charge < -0.3 is 14.6 Å². The van der Waals surface area contributed by atoms with Gasteiger partial charge in [0.1, 0.15) is 17.1 Å². The van der Waals surface area contributed by atoms with Crippen molar-refractivity contribution in [2.75, 3.05) is 14.2 Å². The molecule has 0 atom stereocenters. The Bertz CT molecular complexity index is 436. The lowest BCUT2D eigenvalue weighted by atomic mass is 10.1. The average Bonchev–Trinajstić information content (AvgIpc) is 2.27. The molecule has 0 aliphatic rings. The van der Waals surface area contributed by atoms with Crippen molar-refractivity contribution in [3.63, 3.8) is 0 Å². The van der Waals surface area contributed by atoms with Gasteiger partial charge in [0.2, 0.25) is 0 Å². The van der Waals surface area contributed by atoms with Crippen molar-refractivity contribution in [3.05, 3.63) is 23.3 Å². The minimum Gasteiger partial charge on any atom is -0.507 e. The van der Waals surface area contributed by atoms with Crippen LogP contribution in [0.4, 0.5) is 0 Å². The Morgan fingerprint density at radius 2 is 1.81 bits per heavy atom. The lowest BCUT2D eigenvalue weighted by Crippen LogP contribution is -2.05. The molecule has 0 heterocycles. The smallest absolute Gasteiger partial charge is 0.341 e. The number of Topliss-reactive ketones (excluding diaryl/α,β-unsaturated/α-hetero) is 1. The summed E-state index contributed by atoms with van der Waals surface area (Å²) in [6.07, 6.45) is 0. The molecule has 1 aromatic rings. The zero-order valence-electron chi connectivity index (χ0n) is 9.23. The number of ether oxygens (including phenoxy) is 2. The van der Waals surface area contributed by atoms with Crippen molar-refractivity contribution in [1.82, 2.24) is 0 Å². The molecule has 1 rings (SSSR count). The number of phenols is 1. The van der Waals surface area contributed by atoms with E-state index in [1.807, 2.05) is 0 Å². The molecule has 0 fully saturated rings. The van der Waals surface area contributed by atoms with Crippen LogP contribution in [0.2, 0.25) is 0 Å². The van der Waals surface area contributed by atoms with Gasteiger partial charge in [0, 0.05) is 6.07 Å². The van der Waals surface area contributed by atoms with Gasteiger partial charge in [-0.2, -0.15) is 0 Å². The van der Waals surface area contributed by atoms with Crippen LogP contribution in [-0.2, 0) is 4.74 Å². The molecule has 86 valence electrons. The summed E-state index contributed by atoms with van der Waals surface area (Å²) in [4.78, 5) is 22.6. The van der Waals surface area contributed by atoms with E-state index in [2.05, 4.69) is 4.74 Å². The van der Waals surface area contributed by atoms with E-state index < -0.39 is 5.97 Å². The van der Waals surface area contributed by atoms with Crippen LogP contribution in [0.15, 0.2) is 12.1 Å². The van der Waals surface area contributed by atoms with Gasteiger partial charge >= 0.3 is 5.97 Å². The maximum Gasteiger partial charge on any atom is 0.341 e. The molecule has 0 saturated heterocycles. The predicted octanol–water partition coefficient (Wildman–Crippen LogP) is 1.39. The molecule has 0 saturated carbocycles. The normalized spacial score (nSPS) is 9.69. The third-order valence-corrected chi connectivity index (χ3v) is 2.10. The van der Waals surface area contributed by atoms with E-state index in [-0.39, 0.29) is 28.4 Å². The molecule has 5 heteroatoms. The first kappa shape index (κ1) is 12.0. The number of ketones is 1. The highest BCUT2D eigenvalue weighted by Crippen LogP contribution is 2.28. The number of rotatable bonds is 3. The van der Waals surface area contributed by atoms with Crippen LogP contribution in [0.25, 0.3) is 0 Å². The Hall–Kier alpha value is -2.04. The quantitative estimate of drug-likeness (QED) is 0.620. The summed E-state index contributed by atoms with van der Waals surface area (Å²) >= 11 is 0. The summed E-state index contributed by atoms with van der Waals surface area (Å²) < 4.78 is 9.40. The number of methoxy groups -OCH3 is 2. The van der Waals surface area contributed by atoms with Gasteiger partial charge in [0.15, 0.2) is 5.78 Å². The first-order valence-corrected chi connectivity index (χ1v) is 4.51. The summed E-state index contributed by atoms with van der Waals surface area (Å²) in [6.45, 7) is 1.34. The molecule has 16 heavy (non-hydrogen) atoms. The summed E-state index contributed by atoms with van der Waals surface area (Å²) in [5.41, 5.74) is 0.161. The van der Waals surface area contributed by atoms with E-state index in [0.29, 0.717) is 0 Å². The molecule has 0 amide bonds. The highest BCUT2D eigenvalue weighted by molar-refractivity contribution is 6.01. The Balaban J connectivity index is 3.38. The summed E-state index contributed by atoms with van der Waals surface area (Å²) in [7, 11) is 2.57. The zero-order chi connectivity index (χ0) is 12.3. The zero-order valence-corrected chi connectivity index (χ0v) is 9.23. The molecular weight excluding hydrogens is 212 g/mol. The Labute approximate surface area is 92.6 Å². The maximum absolute atomic E-state index is 11.3. The fourth-order valence-electron chi connectivity index (χ4n) is 1.29. The van der Waals surface area contributed by atoms with Crippen molar-refractivity contribution < 1.29 is 24.2 Å². The van der Waals surface area contributed by atoms with Crippen LogP contribution in [-0.4, -0.2) is 31.1 Å². The van der Waals surface area contributed by atoms with E-state index in [0.717, 1.165) is 0 Å². The lowest BCUT2D eigenvalue weighted by Gasteiger charge is -2.09. The van der Waals surface area contributed by atoms with Crippen molar-refractivity contribution in [1.29, 1.82) is 0 Å². The highest BCUT2D eigenvalue weighted by Gasteiger charge is 2.18. The third kappa shape index (κ3) is 2.13. The van der Waals surface area contributed by atoms with Crippen LogP contribution in [0, 0.1) is 0 Å². The monoisotopic (exact) mass is 224 g/mol. The minimum atomic E-state index is -0.706. The third-order valence-electron chi connectivity index (χ3n) is 2.10. The lowest BCUT2D eigenvalue weighted by molar-refractivity contribution is 0.0597. The highest BCUT2D eigenvalue weighted by atomic mass is 16.5. The van der Waals surface area contributed by atoms with Gasteiger partial charge in [-0.1, -0.05) is 0 Å². The van der Waals surface area contributed by atoms with E-state index in [4.69, 9.17) is 4.74 Å². The number of aromatic hydroxyl groups is 1. The van der Waals surface area contributed by atoms with Crippen LogP contribution < -0.4 is 4.74 Å². The number of hydrogen-bond acceptors (Lipinski definition) is 5. The van der Waals surface area contributed by atoms with Crippen molar-refractivity contribution in [2.24, 2.45) is 0 Å². The SMILES string of the molecule is COC(=O)c1cc(C(C)=O)c(OC)cc1O. The number of carbonyl (C=O) groups is 2. The summed E-state index contributed by atoms with van der Waals surface area (Å²) in [5, 5.41) is 9.54. The van der Waals surface area contributed by atoms with Gasteiger partial charge in [0.25, 0.3) is 0 Å². The van der Waals surface area contributed by atoms with Gasteiger partial charge in [-0.25, -0.2) is 4.79 Å². The second kappa shape index (κ2) is 4.65. The predicted molar refractivity (Wildman–Crippen MR) is 56.0 cm³/mol. The van der Waals surface area contributed by atoms with Crippen LogP contribution in [0.3, 0.4) is 0 Å². The largest absolute Gasteiger partial charge is 0.507 e. The second-order valence-electron chi connectivity index (χ2n) is 3.12. The number of phenolic OH excluding ortho intramolecular Hbond substituents is 1. The number of carbonyl (C=O) groups excluding carboxylic acids is 2. The van der Waals surface area contributed by atoms with E-state index >= 15 is 0 Å². The summed E-state index contributed by atoms with van der Waals surface area (Å²) in [5.74, 6) is -1.03. The Morgan fingerprint density at radius 1 is 1.19 bits per heavy atom. The molecule has 5 nitrogen and oxygen atoms in total. The molecule has 1 aromatic carbocycles. The first-order valence-electron chi connectivity index (χ1n) is 4.51. The number of benzene rings is 1. The van der Waals surface area contributed by atoms with Gasteiger partial charge in [-0.3, -0.25) is 4.79 Å². The van der Waals surface area contributed by atoms with Crippen LogP contribution in [0.1, 0.15) is 27.6 Å². The molecule has 0 radical (unpaired) electrons. The minimum absolute atomic E-state index is 0.0616. The van der Waals surface area contributed by atoms with Gasteiger partial charge in [-0.05, 0) is 13.0 Å². The van der Waals surface area contributed by atoms with E-state index in [1.54, 1.807) is 0 Å². The molecular formula is C11H12O5. The first-order chi connectivity index (χ1) is 7.51. The summed E-state index contributed by atoms with van der Waals surface area (Å²) in [6, 6.07) is 2.46. The van der Waals surface area contributed by atoms with E-state index in [1.165, 1.54) is 33.3 Å². The molecule has 0 spiro atoms. The van der Waals surface area contributed by atoms with Gasteiger partial charge in [-0.15, -0.1) is 0 Å². The number of esters is 1. The second-order valence-corrected chi connectivity index (χ2v) is 3.12.